The number of para-hydroxylation sites is 1. The van der Waals surface area contributed by atoms with Gasteiger partial charge in [0.2, 0.25) is 0 Å². The van der Waals surface area contributed by atoms with Crippen molar-refractivity contribution in [2.24, 2.45) is 0 Å². The summed E-state index contributed by atoms with van der Waals surface area (Å²) in [6.07, 6.45) is 0. The summed E-state index contributed by atoms with van der Waals surface area (Å²) in [7, 11) is 0. The third-order valence-corrected chi connectivity index (χ3v) is 3.74. The Morgan fingerprint density at radius 1 is 0.938 bits per heavy atom. The van der Waals surface area contributed by atoms with Crippen LogP contribution in [0.2, 0.25) is 0 Å². The van der Waals surface area contributed by atoms with Crippen LogP contribution < -0.4 is 5.73 Å². The molecule has 0 spiro atoms. The van der Waals surface area contributed by atoms with E-state index in [4.69, 9.17) is 5.73 Å². The Labute approximate surface area is 101 Å². The number of nitrogens with two attached hydrogens (primary N) is 1. The van der Waals surface area contributed by atoms with Gasteiger partial charge in [0.05, 0.1) is 0 Å². The van der Waals surface area contributed by atoms with Gasteiger partial charge in [0.25, 0.3) is 0 Å². The van der Waals surface area contributed by atoms with Gasteiger partial charge < -0.3 is 5.73 Å². The van der Waals surface area contributed by atoms with Gasteiger partial charge in [-0.3, -0.25) is 0 Å². The fraction of sp³-hybridized carbons (Fsp3) is 0.143. The summed E-state index contributed by atoms with van der Waals surface area (Å²) in [6.45, 7) is 2.20. The number of thioether (sulfide) groups is 1. The molecule has 2 rings (SSSR count). The zero-order valence-electron chi connectivity index (χ0n) is 9.26. The highest BCUT2D eigenvalue weighted by Gasteiger charge is 2.08. The molecule has 0 aliphatic rings. The largest absolute Gasteiger partial charge is 0.398 e. The van der Waals surface area contributed by atoms with Crippen LogP contribution in [0.15, 0.2) is 59.5 Å². The first-order valence-electron chi connectivity index (χ1n) is 5.33. The van der Waals surface area contributed by atoms with Crippen molar-refractivity contribution in [3.05, 3.63) is 60.2 Å². The molecule has 0 fully saturated rings. The molecular weight excluding hydrogens is 214 g/mol. The first kappa shape index (κ1) is 11.1. The van der Waals surface area contributed by atoms with Crippen LogP contribution in [-0.2, 0) is 0 Å². The normalized spacial score (nSPS) is 12.3. The molecule has 2 aromatic carbocycles. The maximum atomic E-state index is 5.93. The standard InChI is InChI=1S/C14H15NS/c1-11(12-7-3-2-4-8-12)16-14-10-6-5-9-13(14)15/h2-11H,15H2,1H3. The highest BCUT2D eigenvalue weighted by atomic mass is 32.2. The lowest BCUT2D eigenvalue weighted by Gasteiger charge is -2.12. The van der Waals surface area contributed by atoms with E-state index in [-0.39, 0.29) is 0 Å². The van der Waals surface area contributed by atoms with Gasteiger partial charge in [-0.25, -0.2) is 0 Å². The van der Waals surface area contributed by atoms with Crippen molar-refractivity contribution >= 4 is 17.4 Å². The van der Waals surface area contributed by atoms with Gasteiger partial charge in [-0.2, -0.15) is 0 Å². The number of nitrogen functional groups attached to an aromatic ring is 1. The molecule has 1 nitrogen and oxygen atoms in total. The van der Waals surface area contributed by atoms with Gasteiger partial charge in [0.1, 0.15) is 0 Å². The molecule has 2 heteroatoms. The molecule has 2 aromatic rings. The molecule has 82 valence electrons. The summed E-state index contributed by atoms with van der Waals surface area (Å²) in [5.41, 5.74) is 8.11. The van der Waals surface area contributed by atoms with Crippen molar-refractivity contribution in [2.75, 3.05) is 5.73 Å². The summed E-state index contributed by atoms with van der Waals surface area (Å²) in [5, 5.41) is 0.422. The Kier molecular flexibility index (Phi) is 3.52. The Balaban J connectivity index is 2.14. The average molecular weight is 229 g/mol. The van der Waals surface area contributed by atoms with Crippen molar-refractivity contribution in [3.8, 4) is 0 Å². The second-order valence-electron chi connectivity index (χ2n) is 3.71. The molecular formula is C14H15NS. The fourth-order valence-corrected chi connectivity index (χ4v) is 2.61. The van der Waals surface area contributed by atoms with E-state index in [1.54, 1.807) is 11.8 Å². The summed E-state index contributed by atoms with van der Waals surface area (Å²) in [5.74, 6) is 0. The van der Waals surface area contributed by atoms with Crippen LogP contribution in [0, 0.1) is 0 Å². The van der Waals surface area contributed by atoms with E-state index < -0.39 is 0 Å². The molecule has 2 N–H and O–H groups in total. The summed E-state index contributed by atoms with van der Waals surface area (Å²) in [6, 6.07) is 18.5. The maximum Gasteiger partial charge on any atom is 0.0452 e. The minimum atomic E-state index is 0.422. The van der Waals surface area contributed by atoms with E-state index in [0.29, 0.717) is 5.25 Å². The van der Waals surface area contributed by atoms with Crippen molar-refractivity contribution in [3.63, 3.8) is 0 Å². The third kappa shape index (κ3) is 2.58. The lowest BCUT2D eigenvalue weighted by Crippen LogP contribution is -1.91. The molecule has 0 heterocycles. The number of rotatable bonds is 3. The topological polar surface area (TPSA) is 26.0 Å². The van der Waals surface area contributed by atoms with Crippen molar-refractivity contribution < 1.29 is 0 Å². The van der Waals surface area contributed by atoms with Crippen LogP contribution in [0.1, 0.15) is 17.7 Å². The Hall–Kier alpha value is -1.41. The molecule has 0 aromatic heterocycles. The molecule has 0 bridgehead atoms. The van der Waals surface area contributed by atoms with E-state index >= 15 is 0 Å². The first-order chi connectivity index (χ1) is 7.77. The van der Waals surface area contributed by atoms with E-state index in [2.05, 4.69) is 37.3 Å². The number of hydrogen-bond donors (Lipinski definition) is 1. The number of hydrogen-bond acceptors (Lipinski definition) is 2. The first-order valence-corrected chi connectivity index (χ1v) is 6.21. The minimum absolute atomic E-state index is 0.422. The zero-order valence-corrected chi connectivity index (χ0v) is 10.1. The highest BCUT2D eigenvalue weighted by Crippen LogP contribution is 2.37. The molecule has 1 atom stereocenters. The van der Waals surface area contributed by atoms with E-state index in [9.17, 15) is 0 Å². The number of benzene rings is 2. The molecule has 0 aliphatic heterocycles. The van der Waals surface area contributed by atoms with Gasteiger partial charge >= 0.3 is 0 Å². The van der Waals surface area contributed by atoms with Crippen LogP contribution in [0.3, 0.4) is 0 Å². The monoisotopic (exact) mass is 229 g/mol. The third-order valence-electron chi connectivity index (χ3n) is 2.49. The van der Waals surface area contributed by atoms with Gasteiger partial charge in [0.15, 0.2) is 0 Å². The lowest BCUT2D eigenvalue weighted by atomic mass is 10.2. The van der Waals surface area contributed by atoms with Crippen LogP contribution in [0.5, 0.6) is 0 Å². The van der Waals surface area contributed by atoms with Crippen molar-refractivity contribution in [1.82, 2.24) is 0 Å². The minimum Gasteiger partial charge on any atom is -0.398 e. The average Bonchev–Trinajstić information content (AvgIpc) is 2.33. The van der Waals surface area contributed by atoms with Gasteiger partial charge in [-0.1, -0.05) is 42.5 Å². The molecule has 0 radical (unpaired) electrons. The van der Waals surface area contributed by atoms with Gasteiger partial charge in [-0.05, 0) is 24.6 Å². The highest BCUT2D eigenvalue weighted by molar-refractivity contribution is 7.99. The summed E-state index contributed by atoms with van der Waals surface area (Å²) >= 11 is 1.80. The van der Waals surface area contributed by atoms with E-state index in [0.717, 1.165) is 10.6 Å². The Bertz CT molecular complexity index is 453. The van der Waals surface area contributed by atoms with Crippen LogP contribution >= 0.6 is 11.8 Å². The second-order valence-corrected chi connectivity index (χ2v) is 5.09. The smallest absolute Gasteiger partial charge is 0.0452 e. The summed E-state index contributed by atoms with van der Waals surface area (Å²) < 4.78 is 0. The molecule has 16 heavy (non-hydrogen) atoms. The Morgan fingerprint density at radius 3 is 2.25 bits per heavy atom. The van der Waals surface area contributed by atoms with Crippen LogP contribution in [0.25, 0.3) is 0 Å². The predicted molar refractivity (Wildman–Crippen MR) is 71.6 cm³/mol. The maximum absolute atomic E-state index is 5.93. The quantitative estimate of drug-likeness (QED) is 0.633. The summed E-state index contributed by atoms with van der Waals surface area (Å²) in [4.78, 5) is 1.15. The Morgan fingerprint density at radius 2 is 1.56 bits per heavy atom. The van der Waals surface area contributed by atoms with E-state index in [1.807, 2.05) is 24.3 Å². The number of anilines is 1. The second kappa shape index (κ2) is 5.08. The lowest BCUT2D eigenvalue weighted by molar-refractivity contribution is 1.10. The molecule has 0 saturated heterocycles. The van der Waals surface area contributed by atoms with E-state index in [1.165, 1.54) is 5.56 Å². The van der Waals surface area contributed by atoms with Crippen molar-refractivity contribution in [2.45, 2.75) is 17.1 Å². The van der Waals surface area contributed by atoms with Gasteiger partial charge in [0, 0.05) is 15.8 Å². The molecule has 1 unspecified atom stereocenters. The van der Waals surface area contributed by atoms with Crippen LogP contribution in [-0.4, -0.2) is 0 Å². The SMILES string of the molecule is CC(Sc1ccccc1N)c1ccccc1. The van der Waals surface area contributed by atoms with Gasteiger partial charge in [-0.15, -0.1) is 11.8 Å². The predicted octanol–water partition coefficient (Wildman–Crippen LogP) is 4.12. The zero-order chi connectivity index (χ0) is 11.4. The molecule has 0 saturated carbocycles. The fourth-order valence-electron chi connectivity index (χ4n) is 1.57. The van der Waals surface area contributed by atoms with Crippen molar-refractivity contribution in [1.29, 1.82) is 0 Å². The molecule has 0 aliphatic carbocycles. The molecule has 0 amide bonds. The van der Waals surface area contributed by atoms with Crippen LogP contribution in [0.4, 0.5) is 5.69 Å².